The highest BCUT2D eigenvalue weighted by molar-refractivity contribution is 7.92. The number of amides is 2. The number of sulfonamides is 1. The molecule has 1 N–H and O–H groups in total. The van der Waals surface area contributed by atoms with Crippen LogP contribution in [0.15, 0.2) is 48.5 Å². The van der Waals surface area contributed by atoms with E-state index in [1.54, 1.807) is 42.5 Å². The fourth-order valence-electron chi connectivity index (χ4n) is 4.34. The van der Waals surface area contributed by atoms with Crippen LogP contribution in [-0.2, 0) is 26.2 Å². The predicted octanol–water partition coefficient (Wildman–Crippen LogP) is 4.63. The Morgan fingerprint density at radius 3 is 2.37 bits per heavy atom. The summed E-state index contributed by atoms with van der Waals surface area (Å²) in [4.78, 5) is 28.4. The van der Waals surface area contributed by atoms with E-state index in [9.17, 15) is 18.0 Å². The normalized spacial score (nSPS) is 15.0. The number of hydrogen-bond donors (Lipinski definition) is 1. The van der Waals surface area contributed by atoms with E-state index in [0.717, 1.165) is 36.2 Å². The molecule has 2 aromatic carbocycles. The minimum absolute atomic E-state index is 0.0717. The number of nitrogens with zero attached hydrogens (tertiary/aromatic N) is 2. The number of hydrogen-bond acceptors (Lipinski definition) is 4. The van der Waals surface area contributed by atoms with Crippen LogP contribution in [0.4, 0.5) is 5.69 Å². The van der Waals surface area contributed by atoms with E-state index in [0.29, 0.717) is 22.0 Å². The second-order valence-electron chi connectivity index (χ2n) is 8.78. The topological polar surface area (TPSA) is 86.8 Å². The van der Waals surface area contributed by atoms with Crippen molar-refractivity contribution in [2.45, 2.75) is 57.7 Å². The molecule has 1 fully saturated rings. The molecule has 10 heteroatoms. The van der Waals surface area contributed by atoms with Gasteiger partial charge in [0, 0.05) is 22.6 Å². The maximum absolute atomic E-state index is 13.7. The predicted molar refractivity (Wildman–Crippen MR) is 140 cm³/mol. The second-order valence-corrected chi connectivity index (χ2v) is 11.5. The summed E-state index contributed by atoms with van der Waals surface area (Å²) in [7, 11) is -3.82. The summed E-state index contributed by atoms with van der Waals surface area (Å²) in [6.45, 7) is 1.43. The largest absolute Gasteiger partial charge is 0.352 e. The van der Waals surface area contributed by atoms with Crippen molar-refractivity contribution in [1.82, 2.24) is 10.2 Å². The molecule has 0 saturated heterocycles. The van der Waals surface area contributed by atoms with Gasteiger partial charge >= 0.3 is 0 Å². The maximum atomic E-state index is 13.7. The van der Waals surface area contributed by atoms with Crippen molar-refractivity contribution in [3.8, 4) is 0 Å². The van der Waals surface area contributed by atoms with Crippen molar-refractivity contribution >= 4 is 50.7 Å². The van der Waals surface area contributed by atoms with Crippen molar-refractivity contribution in [1.29, 1.82) is 0 Å². The van der Waals surface area contributed by atoms with Gasteiger partial charge in [0.15, 0.2) is 0 Å². The van der Waals surface area contributed by atoms with E-state index < -0.39 is 28.5 Å². The van der Waals surface area contributed by atoms with Gasteiger partial charge in [-0.2, -0.15) is 0 Å². The van der Waals surface area contributed by atoms with Gasteiger partial charge in [-0.05, 0) is 49.1 Å². The number of halogens is 2. The van der Waals surface area contributed by atoms with Gasteiger partial charge in [-0.25, -0.2) is 8.42 Å². The zero-order chi connectivity index (χ0) is 25.6. The molecule has 1 saturated carbocycles. The highest BCUT2D eigenvalue weighted by Crippen LogP contribution is 2.25. The van der Waals surface area contributed by atoms with E-state index in [4.69, 9.17) is 23.2 Å². The molecule has 2 aromatic rings. The molecule has 0 aromatic heterocycles. The van der Waals surface area contributed by atoms with E-state index in [-0.39, 0.29) is 24.2 Å². The first-order valence-corrected chi connectivity index (χ1v) is 14.3. The Balaban J connectivity index is 1.93. The van der Waals surface area contributed by atoms with Crippen LogP contribution in [0, 0.1) is 0 Å². The van der Waals surface area contributed by atoms with Gasteiger partial charge in [0.25, 0.3) is 0 Å². The van der Waals surface area contributed by atoms with Crippen molar-refractivity contribution in [2.24, 2.45) is 0 Å². The van der Waals surface area contributed by atoms with Crippen LogP contribution in [0.25, 0.3) is 0 Å². The van der Waals surface area contributed by atoms with Crippen LogP contribution in [0.1, 0.15) is 44.6 Å². The van der Waals surface area contributed by atoms with E-state index in [1.165, 1.54) is 11.0 Å². The van der Waals surface area contributed by atoms with Gasteiger partial charge < -0.3 is 10.2 Å². The molecule has 190 valence electrons. The smallest absolute Gasteiger partial charge is 0.244 e. The zero-order valence-electron chi connectivity index (χ0n) is 19.9. The highest BCUT2D eigenvalue weighted by atomic mass is 35.5. The summed E-state index contributed by atoms with van der Waals surface area (Å²) in [6.07, 6.45) is 5.35. The fourth-order valence-corrected chi connectivity index (χ4v) is 5.56. The van der Waals surface area contributed by atoms with Crippen LogP contribution < -0.4 is 9.62 Å². The molecule has 2 amide bonds. The first-order valence-electron chi connectivity index (χ1n) is 11.7. The Morgan fingerprint density at radius 1 is 1.09 bits per heavy atom. The highest BCUT2D eigenvalue weighted by Gasteiger charge is 2.33. The third-order valence-corrected chi connectivity index (χ3v) is 7.91. The number of rotatable bonds is 10. The number of carbonyl (C=O) groups excluding carboxylic acids is 2. The van der Waals surface area contributed by atoms with Gasteiger partial charge in [-0.15, -0.1) is 0 Å². The molecule has 3 rings (SSSR count). The molecule has 0 bridgehead atoms. The van der Waals surface area contributed by atoms with Crippen molar-refractivity contribution in [3.05, 3.63) is 64.1 Å². The Labute approximate surface area is 217 Å². The lowest BCUT2D eigenvalue weighted by atomic mass is 10.1. The Kier molecular flexibility index (Phi) is 9.44. The maximum Gasteiger partial charge on any atom is 0.244 e. The van der Waals surface area contributed by atoms with E-state index >= 15 is 0 Å². The van der Waals surface area contributed by atoms with Crippen molar-refractivity contribution in [2.75, 3.05) is 17.1 Å². The molecule has 1 atom stereocenters. The van der Waals surface area contributed by atoms with Crippen LogP contribution in [-0.4, -0.2) is 50.0 Å². The lowest BCUT2D eigenvalue weighted by molar-refractivity contribution is -0.140. The lowest BCUT2D eigenvalue weighted by Crippen LogP contribution is -2.53. The summed E-state index contributed by atoms with van der Waals surface area (Å²) in [5.41, 5.74) is 0.942. The molecule has 0 aliphatic heterocycles. The van der Waals surface area contributed by atoms with Crippen molar-refractivity contribution < 1.29 is 18.0 Å². The minimum Gasteiger partial charge on any atom is -0.352 e. The molecule has 7 nitrogen and oxygen atoms in total. The SMILES string of the molecule is CCC(C(=O)NC1CCCC1)N(Cc1ccccc1Cl)C(=O)CN(c1cccc(Cl)c1)S(C)(=O)=O. The van der Waals surface area contributed by atoms with Gasteiger partial charge in [0.05, 0.1) is 11.9 Å². The summed E-state index contributed by atoms with van der Waals surface area (Å²) in [6, 6.07) is 12.7. The Hall–Kier alpha value is -2.29. The molecule has 1 aliphatic carbocycles. The first-order chi connectivity index (χ1) is 16.6. The number of benzene rings is 2. The Bertz CT molecular complexity index is 1150. The molecule has 0 heterocycles. The minimum atomic E-state index is -3.82. The average molecular weight is 541 g/mol. The molecule has 0 spiro atoms. The van der Waals surface area contributed by atoms with Gasteiger partial charge in [0.2, 0.25) is 21.8 Å². The third kappa shape index (κ3) is 7.35. The monoisotopic (exact) mass is 539 g/mol. The van der Waals surface area contributed by atoms with E-state index in [1.807, 2.05) is 6.92 Å². The summed E-state index contributed by atoms with van der Waals surface area (Å²) in [5, 5.41) is 3.88. The van der Waals surface area contributed by atoms with Gasteiger partial charge in [-0.1, -0.05) is 67.2 Å². The molecular formula is C25H31Cl2N3O4S. The van der Waals surface area contributed by atoms with Crippen molar-refractivity contribution in [3.63, 3.8) is 0 Å². The van der Waals surface area contributed by atoms with Gasteiger partial charge in [-0.3, -0.25) is 13.9 Å². The second kappa shape index (κ2) is 12.1. The van der Waals surface area contributed by atoms with Crippen LogP contribution in [0.5, 0.6) is 0 Å². The first kappa shape index (κ1) is 27.3. The quantitative estimate of drug-likeness (QED) is 0.476. The molecule has 1 aliphatic rings. The standard InChI is InChI=1S/C25H31Cl2N3O4S/c1-3-23(25(32)28-20-11-5-6-12-20)29(16-18-9-4-7-14-22(18)27)24(31)17-30(35(2,33)34)21-13-8-10-19(26)15-21/h4,7-10,13-15,20,23H,3,5-6,11-12,16-17H2,1-2H3,(H,28,32). The van der Waals surface area contributed by atoms with Crippen LogP contribution in [0.2, 0.25) is 10.0 Å². The zero-order valence-corrected chi connectivity index (χ0v) is 22.2. The number of carbonyl (C=O) groups is 2. The number of anilines is 1. The summed E-state index contributed by atoms with van der Waals surface area (Å²) in [5.74, 6) is -0.753. The summed E-state index contributed by atoms with van der Waals surface area (Å²) >= 11 is 12.4. The Morgan fingerprint density at radius 2 is 1.77 bits per heavy atom. The average Bonchev–Trinajstić information content (AvgIpc) is 3.30. The summed E-state index contributed by atoms with van der Waals surface area (Å²) < 4.78 is 26.3. The molecule has 0 radical (unpaired) electrons. The molecule has 35 heavy (non-hydrogen) atoms. The number of nitrogens with one attached hydrogen (secondary N) is 1. The third-order valence-electron chi connectivity index (χ3n) is 6.16. The lowest BCUT2D eigenvalue weighted by Gasteiger charge is -2.33. The molecular weight excluding hydrogens is 509 g/mol. The van der Waals surface area contributed by atoms with Gasteiger partial charge in [0.1, 0.15) is 12.6 Å². The van der Waals surface area contributed by atoms with Crippen LogP contribution in [0.3, 0.4) is 0 Å². The van der Waals surface area contributed by atoms with Crippen LogP contribution >= 0.6 is 23.2 Å². The fraction of sp³-hybridized carbons (Fsp3) is 0.440. The van der Waals surface area contributed by atoms with E-state index in [2.05, 4.69) is 5.32 Å². The molecule has 1 unspecified atom stereocenters.